The molecule has 0 saturated heterocycles. The maximum Gasteiger partial charge on any atom is 0.240 e. The SMILES string of the molecule is O=C(Cn1c(-c2cccs2)cc2ccccc21)NC1CCCCCC1. The molecule has 4 heteroatoms. The Morgan fingerprint density at radius 1 is 1.08 bits per heavy atom. The zero-order valence-corrected chi connectivity index (χ0v) is 15.2. The summed E-state index contributed by atoms with van der Waals surface area (Å²) in [5, 5.41) is 6.55. The summed E-state index contributed by atoms with van der Waals surface area (Å²) >= 11 is 1.72. The number of thiophene rings is 1. The minimum absolute atomic E-state index is 0.131. The maximum absolute atomic E-state index is 12.7. The van der Waals surface area contributed by atoms with E-state index in [1.807, 2.05) is 6.07 Å². The molecule has 3 nitrogen and oxygen atoms in total. The van der Waals surface area contributed by atoms with E-state index in [0.717, 1.165) is 24.1 Å². The third-order valence-corrected chi connectivity index (χ3v) is 6.00. The van der Waals surface area contributed by atoms with E-state index >= 15 is 0 Å². The highest BCUT2D eigenvalue weighted by atomic mass is 32.1. The molecule has 0 spiro atoms. The first-order chi connectivity index (χ1) is 12.3. The van der Waals surface area contributed by atoms with E-state index in [9.17, 15) is 4.79 Å². The number of para-hydroxylation sites is 1. The fourth-order valence-electron chi connectivity index (χ4n) is 3.85. The summed E-state index contributed by atoms with van der Waals surface area (Å²) < 4.78 is 2.16. The van der Waals surface area contributed by atoms with Crippen molar-refractivity contribution in [3.63, 3.8) is 0 Å². The van der Waals surface area contributed by atoms with Gasteiger partial charge in [0.1, 0.15) is 6.54 Å². The number of fused-ring (bicyclic) bond motifs is 1. The molecule has 0 aliphatic heterocycles. The van der Waals surface area contributed by atoms with E-state index in [1.165, 1.54) is 35.9 Å². The molecule has 1 aliphatic rings. The number of carbonyl (C=O) groups excluding carboxylic acids is 1. The van der Waals surface area contributed by atoms with Gasteiger partial charge in [-0.2, -0.15) is 0 Å². The number of amides is 1. The molecule has 25 heavy (non-hydrogen) atoms. The topological polar surface area (TPSA) is 34.0 Å². The Kier molecular flexibility index (Phi) is 4.88. The molecule has 1 saturated carbocycles. The van der Waals surface area contributed by atoms with Gasteiger partial charge in [-0.1, -0.05) is 49.9 Å². The quantitative estimate of drug-likeness (QED) is 0.643. The lowest BCUT2D eigenvalue weighted by molar-refractivity contribution is -0.122. The second-order valence-electron chi connectivity index (χ2n) is 6.91. The third kappa shape index (κ3) is 3.64. The standard InChI is InChI=1S/C21H24N2OS/c24-21(22-17-9-3-1-2-4-10-17)15-23-18-11-6-5-8-16(18)14-19(23)20-12-7-13-25-20/h5-8,11-14,17H,1-4,9-10,15H2,(H,22,24). The van der Waals surface area contributed by atoms with Crippen molar-refractivity contribution in [1.82, 2.24) is 9.88 Å². The van der Waals surface area contributed by atoms with Gasteiger partial charge in [0, 0.05) is 16.9 Å². The second kappa shape index (κ2) is 7.44. The van der Waals surface area contributed by atoms with Crippen LogP contribution in [0.5, 0.6) is 0 Å². The minimum Gasteiger partial charge on any atom is -0.352 e. The number of nitrogens with one attached hydrogen (secondary N) is 1. The van der Waals surface area contributed by atoms with Gasteiger partial charge in [0.2, 0.25) is 5.91 Å². The van der Waals surface area contributed by atoms with Crippen LogP contribution in [-0.2, 0) is 11.3 Å². The summed E-state index contributed by atoms with van der Waals surface area (Å²) in [5.41, 5.74) is 2.26. The van der Waals surface area contributed by atoms with Crippen LogP contribution in [0.25, 0.3) is 21.5 Å². The molecule has 0 unspecified atom stereocenters. The Bertz CT molecular complexity index is 842. The molecule has 4 rings (SSSR count). The number of hydrogen-bond donors (Lipinski definition) is 1. The van der Waals surface area contributed by atoms with E-state index in [0.29, 0.717) is 12.6 Å². The van der Waals surface area contributed by atoms with Crippen LogP contribution in [0.4, 0.5) is 0 Å². The fourth-order valence-corrected chi connectivity index (χ4v) is 4.60. The van der Waals surface area contributed by atoms with Gasteiger partial charge in [0.05, 0.1) is 10.6 Å². The van der Waals surface area contributed by atoms with E-state index in [4.69, 9.17) is 0 Å². The Morgan fingerprint density at radius 2 is 1.88 bits per heavy atom. The Balaban J connectivity index is 1.59. The summed E-state index contributed by atoms with van der Waals surface area (Å²) in [4.78, 5) is 13.9. The Labute approximate surface area is 152 Å². The average Bonchev–Trinajstić information content (AvgIpc) is 3.18. The Hall–Kier alpha value is -2.07. The molecule has 0 radical (unpaired) electrons. The van der Waals surface area contributed by atoms with Crippen molar-refractivity contribution in [3.8, 4) is 10.6 Å². The normalized spacial score (nSPS) is 16.0. The highest BCUT2D eigenvalue weighted by Gasteiger charge is 2.17. The van der Waals surface area contributed by atoms with E-state index in [2.05, 4.69) is 51.7 Å². The smallest absolute Gasteiger partial charge is 0.240 e. The summed E-state index contributed by atoms with van der Waals surface area (Å²) in [5.74, 6) is 0.131. The van der Waals surface area contributed by atoms with Crippen LogP contribution in [0.3, 0.4) is 0 Å². The minimum atomic E-state index is 0.131. The molecule has 0 bridgehead atoms. The molecular formula is C21H24N2OS. The predicted octanol–water partition coefficient (Wildman–Crippen LogP) is 5.21. The number of hydrogen-bond acceptors (Lipinski definition) is 2. The van der Waals surface area contributed by atoms with Crippen LogP contribution in [0, 0.1) is 0 Å². The molecule has 1 amide bonds. The largest absolute Gasteiger partial charge is 0.352 e. The van der Waals surface area contributed by atoms with Crippen molar-refractivity contribution in [1.29, 1.82) is 0 Å². The van der Waals surface area contributed by atoms with Crippen molar-refractivity contribution in [2.75, 3.05) is 0 Å². The second-order valence-corrected chi connectivity index (χ2v) is 7.86. The summed E-state index contributed by atoms with van der Waals surface area (Å²) in [6, 6.07) is 15.0. The molecule has 0 atom stereocenters. The monoisotopic (exact) mass is 352 g/mol. The number of rotatable bonds is 4. The molecule has 1 aliphatic carbocycles. The van der Waals surface area contributed by atoms with Crippen LogP contribution in [0.2, 0.25) is 0 Å². The lowest BCUT2D eigenvalue weighted by atomic mass is 10.1. The number of aromatic nitrogens is 1. The van der Waals surface area contributed by atoms with Gasteiger partial charge in [-0.15, -0.1) is 11.3 Å². The molecule has 1 N–H and O–H groups in total. The highest BCUT2D eigenvalue weighted by Crippen LogP contribution is 2.31. The predicted molar refractivity (Wildman–Crippen MR) is 105 cm³/mol. The molecule has 2 heterocycles. The van der Waals surface area contributed by atoms with Gasteiger partial charge in [-0.3, -0.25) is 4.79 Å². The molecule has 3 aromatic rings. The van der Waals surface area contributed by atoms with Crippen molar-refractivity contribution in [3.05, 3.63) is 47.8 Å². The van der Waals surface area contributed by atoms with Gasteiger partial charge < -0.3 is 9.88 Å². The van der Waals surface area contributed by atoms with Crippen LogP contribution < -0.4 is 5.32 Å². The molecule has 2 aromatic heterocycles. The van der Waals surface area contributed by atoms with Gasteiger partial charge in [-0.25, -0.2) is 0 Å². The van der Waals surface area contributed by atoms with Crippen molar-refractivity contribution < 1.29 is 4.79 Å². The first kappa shape index (κ1) is 16.4. The first-order valence-electron chi connectivity index (χ1n) is 9.23. The van der Waals surface area contributed by atoms with Crippen molar-refractivity contribution in [2.45, 2.75) is 51.1 Å². The zero-order valence-electron chi connectivity index (χ0n) is 14.4. The van der Waals surface area contributed by atoms with Crippen LogP contribution in [0.1, 0.15) is 38.5 Å². The van der Waals surface area contributed by atoms with E-state index < -0.39 is 0 Å². The maximum atomic E-state index is 12.7. The third-order valence-electron chi connectivity index (χ3n) is 5.11. The molecule has 130 valence electrons. The van der Waals surface area contributed by atoms with Crippen molar-refractivity contribution in [2.24, 2.45) is 0 Å². The zero-order chi connectivity index (χ0) is 17.1. The van der Waals surface area contributed by atoms with Gasteiger partial charge in [0.15, 0.2) is 0 Å². The van der Waals surface area contributed by atoms with Gasteiger partial charge in [0.25, 0.3) is 0 Å². The number of benzene rings is 1. The summed E-state index contributed by atoms with van der Waals surface area (Å²) in [6.07, 6.45) is 7.32. The van der Waals surface area contributed by atoms with E-state index in [-0.39, 0.29) is 5.91 Å². The average molecular weight is 353 g/mol. The molecular weight excluding hydrogens is 328 g/mol. The van der Waals surface area contributed by atoms with E-state index in [1.54, 1.807) is 11.3 Å². The van der Waals surface area contributed by atoms with Crippen molar-refractivity contribution >= 4 is 28.1 Å². The first-order valence-corrected chi connectivity index (χ1v) is 10.1. The lowest BCUT2D eigenvalue weighted by Gasteiger charge is -2.17. The molecule has 1 aromatic carbocycles. The number of nitrogens with zero attached hydrogens (tertiary/aromatic N) is 1. The number of carbonyl (C=O) groups is 1. The fraction of sp³-hybridized carbons (Fsp3) is 0.381. The summed E-state index contributed by atoms with van der Waals surface area (Å²) in [6.45, 7) is 0.386. The van der Waals surface area contributed by atoms with Gasteiger partial charge >= 0.3 is 0 Å². The summed E-state index contributed by atoms with van der Waals surface area (Å²) in [7, 11) is 0. The lowest BCUT2D eigenvalue weighted by Crippen LogP contribution is -2.36. The Morgan fingerprint density at radius 3 is 2.64 bits per heavy atom. The van der Waals surface area contributed by atoms with Crippen LogP contribution >= 0.6 is 11.3 Å². The van der Waals surface area contributed by atoms with Gasteiger partial charge in [-0.05, 0) is 36.4 Å². The van der Waals surface area contributed by atoms with Crippen LogP contribution in [0.15, 0.2) is 47.8 Å². The molecule has 1 fully saturated rings. The highest BCUT2D eigenvalue weighted by molar-refractivity contribution is 7.13. The van der Waals surface area contributed by atoms with Crippen LogP contribution in [-0.4, -0.2) is 16.5 Å².